The molecule has 0 aliphatic carbocycles. The van der Waals surface area contributed by atoms with E-state index in [1.165, 1.54) is 5.03 Å². The van der Waals surface area contributed by atoms with Gasteiger partial charge in [0.05, 0.1) is 5.03 Å². The quantitative estimate of drug-likeness (QED) is 0.587. The number of allylic oxidation sites excluding steroid dienone is 1. The lowest BCUT2D eigenvalue weighted by molar-refractivity contribution is 1.07. The van der Waals surface area contributed by atoms with Crippen LogP contribution < -0.4 is 5.32 Å². The van der Waals surface area contributed by atoms with Crippen LogP contribution in [0.1, 0.15) is 6.92 Å². The van der Waals surface area contributed by atoms with Crippen LogP contribution in [0.25, 0.3) is 0 Å². The minimum Gasteiger partial charge on any atom is -0.383 e. The lowest BCUT2D eigenvalue weighted by Crippen LogP contribution is -1.99. The first-order valence-corrected chi connectivity index (χ1v) is 3.45. The smallest absolute Gasteiger partial charge is 0.0632 e. The summed E-state index contributed by atoms with van der Waals surface area (Å²) in [6.07, 6.45) is 4.09. The molecule has 7 heavy (non-hydrogen) atoms. The topological polar surface area (TPSA) is 12.0 Å². The first kappa shape index (κ1) is 6.89. The van der Waals surface area contributed by atoms with Gasteiger partial charge in [-0.05, 0) is 13.2 Å². The lowest BCUT2D eigenvalue weighted by atomic mass is 10.7. The van der Waals surface area contributed by atoms with Crippen LogP contribution in [-0.4, -0.2) is 13.3 Å². The number of nitrogens with one attached hydrogen (secondary N) is 1. The largest absolute Gasteiger partial charge is 0.383 e. The van der Waals surface area contributed by atoms with Gasteiger partial charge in [0, 0.05) is 7.05 Å². The molecule has 0 aromatic heterocycles. The molecule has 0 aliphatic rings. The van der Waals surface area contributed by atoms with Crippen LogP contribution in [0.5, 0.6) is 0 Å². The van der Waals surface area contributed by atoms with Crippen molar-refractivity contribution in [2.24, 2.45) is 0 Å². The summed E-state index contributed by atoms with van der Waals surface area (Å²) in [6, 6.07) is 0. The Balaban J connectivity index is 3.38. The van der Waals surface area contributed by atoms with Gasteiger partial charge in [0.25, 0.3) is 0 Å². The molecule has 0 unspecified atom stereocenters. The Morgan fingerprint density at radius 3 is 2.29 bits per heavy atom. The van der Waals surface area contributed by atoms with Crippen LogP contribution in [-0.2, 0) is 0 Å². The van der Waals surface area contributed by atoms with Crippen molar-refractivity contribution in [2.45, 2.75) is 6.92 Å². The molecule has 0 saturated heterocycles. The fourth-order valence-electron chi connectivity index (χ4n) is 0.364. The van der Waals surface area contributed by atoms with Crippen molar-refractivity contribution in [3.05, 3.63) is 11.1 Å². The Kier molecular flexibility index (Phi) is 4.00. The van der Waals surface area contributed by atoms with E-state index < -0.39 is 0 Å². The van der Waals surface area contributed by atoms with Gasteiger partial charge in [-0.1, -0.05) is 6.08 Å². The summed E-state index contributed by atoms with van der Waals surface area (Å²) in [6.45, 7) is 2.02. The van der Waals surface area contributed by atoms with E-state index in [1.54, 1.807) is 11.8 Å². The molecule has 0 heterocycles. The molecule has 0 amide bonds. The highest BCUT2D eigenvalue weighted by atomic mass is 32.2. The molecule has 0 saturated carbocycles. The Morgan fingerprint density at radius 2 is 2.29 bits per heavy atom. The molecule has 0 radical (unpaired) electrons. The molecule has 1 N–H and O–H groups in total. The highest BCUT2D eigenvalue weighted by molar-refractivity contribution is 8.02. The van der Waals surface area contributed by atoms with Crippen LogP contribution in [0.15, 0.2) is 11.1 Å². The molecular weight excluding hydrogens is 106 g/mol. The Morgan fingerprint density at radius 1 is 1.71 bits per heavy atom. The normalized spacial score (nSPS) is 11.6. The molecule has 0 aromatic rings. The predicted molar refractivity (Wildman–Crippen MR) is 36.3 cm³/mol. The molecule has 0 atom stereocenters. The fourth-order valence-corrected chi connectivity index (χ4v) is 0.804. The molecule has 2 heteroatoms. The van der Waals surface area contributed by atoms with Gasteiger partial charge in [0.15, 0.2) is 0 Å². The zero-order chi connectivity index (χ0) is 5.70. The van der Waals surface area contributed by atoms with Crippen LogP contribution in [0, 0.1) is 0 Å². The molecule has 42 valence electrons. The van der Waals surface area contributed by atoms with E-state index in [-0.39, 0.29) is 0 Å². The van der Waals surface area contributed by atoms with Crippen molar-refractivity contribution < 1.29 is 0 Å². The highest BCUT2D eigenvalue weighted by Gasteiger charge is 1.80. The number of rotatable bonds is 2. The van der Waals surface area contributed by atoms with Gasteiger partial charge in [-0.25, -0.2) is 0 Å². The summed E-state index contributed by atoms with van der Waals surface area (Å²) in [5.74, 6) is 0. The van der Waals surface area contributed by atoms with E-state index in [2.05, 4.69) is 5.32 Å². The summed E-state index contributed by atoms with van der Waals surface area (Å²) in [7, 11) is 1.92. The first-order valence-electron chi connectivity index (χ1n) is 2.23. The third kappa shape index (κ3) is 2.57. The summed E-state index contributed by atoms with van der Waals surface area (Å²) in [5.41, 5.74) is 0. The summed E-state index contributed by atoms with van der Waals surface area (Å²) >= 11 is 1.72. The van der Waals surface area contributed by atoms with Gasteiger partial charge in [-0.2, -0.15) is 0 Å². The van der Waals surface area contributed by atoms with Crippen LogP contribution >= 0.6 is 11.8 Å². The van der Waals surface area contributed by atoms with Crippen molar-refractivity contribution in [1.29, 1.82) is 0 Å². The van der Waals surface area contributed by atoms with Gasteiger partial charge in [0.1, 0.15) is 0 Å². The van der Waals surface area contributed by atoms with Crippen LogP contribution in [0.4, 0.5) is 0 Å². The summed E-state index contributed by atoms with van der Waals surface area (Å²) < 4.78 is 0. The summed E-state index contributed by atoms with van der Waals surface area (Å²) in [5, 5.41) is 4.25. The number of thioether (sulfide) groups is 1. The predicted octanol–water partition coefficient (Wildman–Crippen LogP) is 1.43. The third-order valence-electron chi connectivity index (χ3n) is 0.729. The average molecular weight is 117 g/mol. The van der Waals surface area contributed by atoms with Crippen molar-refractivity contribution in [2.75, 3.05) is 13.3 Å². The van der Waals surface area contributed by atoms with Gasteiger partial charge in [-0.15, -0.1) is 11.8 Å². The van der Waals surface area contributed by atoms with E-state index in [4.69, 9.17) is 0 Å². The second-order valence-electron chi connectivity index (χ2n) is 1.11. The minimum atomic E-state index is 1.22. The van der Waals surface area contributed by atoms with E-state index in [9.17, 15) is 0 Å². The van der Waals surface area contributed by atoms with Crippen molar-refractivity contribution in [1.82, 2.24) is 5.32 Å². The van der Waals surface area contributed by atoms with Crippen LogP contribution in [0.2, 0.25) is 0 Å². The third-order valence-corrected chi connectivity index (χ3v) is 1.61. The molecule has 0 aliphatic heterocycles. The van der Waals surface area contributed by atoms with Gasteiger partial charge < -0.3 is 5.32 Å². The molecule has 0 rings (SSSR count). The van der Waals surface area contributed by atoms with E-state index >= 15 is 0 Å². The van der Waals surface area contributed by atoms with Crippen molar-refractivity contribution in [3.63, 3.8) is 0 Å². The van der Waals surface area contributed by atoms with Gasteiger partial charge in [0.2, 0.25) is 0 Å². The molecule has 0 bridgehead atoms. The molecule has 0 fully saturated rings. The first-order chi connectivity index (χ1) is 3.35. The van der Waals surface area contributed by atoms with Gasteiger partial charge in [-0.3, -0.25) is 0 Å². The van der Waals surface area contributed by atoms with E-state index in [0.29, 0.717) is 0 Å². The maximum atomic E-state index is 3.03. The van der Waals surface area contributed by atoms with Crippen molar-refractivity contribution in [3.8, 4) is 0 Å². The average Bonchev–Trinajstić information content (AvgIpc) is 1.72. The number of hydrogen-bond donors (Lipinski definition) is 1. The monoisotopic (exact) mass is 117 g/mol. The molecular formula is C5H11NS. The second-order valence-corrected chi connectivity index (χ2v) is 1.96. The standard InChI is InChI=1S/C5H11NS/c1-4-5(6-2)7-3/h4,6H,1-3H3/b5-4-. The molecule has 0 aromatic carbocycles. The zero-order valence-electron chi connectivity index (χ0n) is 4.99. The highest BCUT2D eigenvalue weighted by Crippen LogP contribution is 2.03. The minimum absolute atomic E-state index is 1.22. The maximum Gasteiger partial charge on any atom is 0.0632 e. The lowest BCUT2D eigenvalue weighted by Gasteiger charge is -1.97. The van der Waals surface area contributed by atoms with Crippen molar-refractivity contribution >= 4 is 11.8 Å². The van der Waals surface area contributed by atoms with E-state index in [0.717, 1.165) is 0 Å². The summed E-state index contributed by atoms with van der Waals surface area (Å²) in [4.78, 5) is 0. The maximum absolute atomic E-state index is 3.03. The molecule has 0 spiro atoms. The zero-order valence-corrected chi connectivity index (χ0v) is 5.80. The Labute approximate surface area is 49.2 Å². The SMILES string of the molecule is C/C=C(/NC)SC. The Hall–Kier alpha value is -0.110. The van der Waals surface area contributed by atoms with E-state index in [1.807, 2.05) is 26.3 Å². The van der Waals surface area contributed by atoms with Crippen LogP contribution in [0.3, 0.4) is 0 Å². The molecule has 1 nitrogen and oxygen atoms in total. The number of hydrogen-bond acceptors (Lipinski definition) is 2. The Bertz CT molecular complexity index is 62.5. The second kappa shape index (κ2) is 4.06. The fraction of sp³-hybridized carbons (Fsp3) is 0.600. The van der Waals surface area contributed by atoms with Gasteiger partial charge >= 0.3 is 0 Å².